The first kappa shape index (κ1) is 18.7. The van der Waals surface area contributed by atoms with Gasteiger partial charge in [0.25, 0.3) is 0 Å². The van der Waals surface area contributed by atoms with Crippen LogP contribution in [0.2, 0.25) is 0 Å². The van der Waals surface area contributed by atoms with Crippen molar-refractivity contribution in [3.05, 3.63) is 0 Å². The van der Waals surface area contributed by atoms with E-state index in [-0.39, 0.29) is 12.6 Å². The predicted octanol–water partition coefficient (Wildman–Crippen LogP) is 1.90. The number of hydrogen-bond acceptors (Lipinski definition) is 3. The number of urea groups is 1. The maximum absolute atomic E-state index is 12.4. The quantitative estimate of drug-likeness (QED) is 0.666. The van der Waals surface area contributed by atoms with Gasteiger partial charge >= 0.3 is 12.0 Å². The number of aliphatic carboxylic acids is 1. The summed E-state index contributed by atoms with van der Waals surface area (Å²) in [7, 11) is 1.53. The Morgan fingerprint density at radius 3 is 2.15 bits per heavy atom. The Labute approximate surface area is 121 Å². The SMILES string of the molecule is CCC(CC)CN(CC)C(=O)N(CCOC)CC(=O)O. The number of amides is 2. The summed E-state index contributed by atoms with van der Waals surface area (Å²) in [6.07, 6.45) is 2.02. The van der Waals surface area contributed by atoms with Gasteiger partial charge in [0.05, 0.1) is 6.61 Å². The highest BCUT2D eigenvalue weighted by Gasteiger charge is 2.23. The van der Waals surface area contributed by atoms with Crippen LogP contribution in [-0.2, 0) is 9.53 Å². The lowest BCUT2D eigenvalue weighted by Gasteiger charge is -2.31. The van der Waals surface area contributed by atoms with Crippen LogP contribution < -0.4 is 0 Å². The molecule has 0 atom stereocenters. The van der Waals surface area contributed by atoms with E-state index < -0.39 is 5.97 Å². The van der Waals surface area contributed by atoms with Gasteiger partial charge in [-0.05, 0) is 12.8 Å². The molecule has 0 saturated heterocycles. The van der Waals surface area contributed by atoms with E-state index in [4.69, 9.17) is 9.84 Å². The van der Waals surface area contributed by atoms with E-state index in [0.29, 0.717) is 32.2 Å². The normalized spacial score (nSPS) is 10.7. The number of carboxylic acids is 1. The average Bonchev–Trinajstić information content (AvgIpc) is 2.44. The Hall–Kier alpha value is -1.30. The molecule has 118 valence electrons. The van der Waals surface area contributed by atoms with E-state index in [1.54, 1.807) is 4.90 Å². The summed E-state index contributed by atoms with van der Waals surface area (Å²) in [4.78, 5) is 26.3. The van der Waals surface area contributed by atoms with Crippen molar-refractivity contribution in [2.24, 2.45) is 5.92 Å². The Kier molecular flexibility index (Phi) is 9.80. The topological polar surface area (TPSA) is 70.1 Å². The second-order valence-corrected chi connectivity index (χ2v) is 4.81. The maximum Gasteiger partial charge on any atom is 0.323 e. The van der Waals surface area contributed by atoms with Crippen LogP contribution in [0, 0.1) is 5.92 Å². The molecule has 0 aliphatic heterocycles. The number of nitrogens with zero attached hydrogens (tertiary/aromatic N) is 2. The molecule has 1 N–H and O–H groups in total. The fraction of sp³-hybridized carbons (Fsp3) is 0.857. The van der Waals surface area contributed by atoms with E-state index in [9.17, 15) is 9.59 Å². The van der Waals surface area contributed by atoms with Crippen molar-refractivity contribution >= 4 is 12.0 Å². The van der Waals surface area contributed by atoms with Crippen LogP contribution in [-0.4, -0.2) is 66.8 Å². The summed E-state index contributed by atoms with van der Waals surface area (Å²) in [5, 5.41) is 8.91. The van der Waals surface area contributed by atoms with Gasteiger partial charge in [-0.3, -0.25) is 4.79 Å². The largest absolute Gasteiger partial charge is 0.480 e. The summed E-state index contributed by atoms with van der Waals surface area (Å²) in [6.45, 7) is 7.71. The van der Waals surface area contributed by atoms with Gasteiger partial charge in [-0.25, -0.2) is 4.79 Å². The van der Waals surface area contributed by atoms with Crippen LogP contribution >= 0.6 is 0 Å². The molecule has 0 rings (SSSR count). The molecule has 0 aromatic heterocycles. The molecule has 0 bridgehead atoms. The van der Waals surface area contributed by atoms with Crippen LogP contribution in [0.4, 0.5) is 4.79 Å². The minimum absolute atomic E-state index is 0.223. The summed E-state index contributed by atoms with van der Waals surface area (Å²) in [6, 6.07) is -0.223. The summed E-state index contributed by atoms with van der Waals surface area (Å²) >= 11 is 0. The molecule has 6 heteroatoms. The standard InChI is InChI=1S/C14H28N2O4/c1-5-12(6-2)10-15(7-3)14(19)16(8-9-20-4)11-13(17)18/h12H,5-11H2,1-4H3,(H,17,18). The number of carboxylic acid groups (broad SMARTS) is 1. The van der Waals surface area contributed by atoms with Crippen molar-refractivity contribution in [2.75, 3.05) is 39.9 Å². The number of methoxy groups -OCH3 is 1. The van der Waals surface area contributed by atoms with Crippen molar-refractivity contribution in [3.8, 4) is 0 Å². The molecule has 0 aromatic rings. The molecule has 0 fully saturated rings. The Bertz CT molecular complexity index is 293. The minimum Gasteiger partial charge on any atom is -0.480 e. The lowest BCUT2D eigenvalue weighted by molar-refractivity contribution is -0.137. The molecule has 0 heterocycles. The third-order valence-electron chi connectivity index (χ3n) is 3.45. The maximum atomic E-state index is 12.4. The lowest BCUT2D eigenvalue weighted by atomic mass is 10.0. The first-order valence-corrected chi connectivity index (χ1v) is 7.24. The zero-order chi connectivity index (χ0) is 15.5. The van der Waals surface area contributed by atoms with E-state index >= 15 is 0 Å². The van der Waals surface area contributed by atoms with Gasteiger partial charge in [0.15, 0.2) is 0 Å². The summed E-state index contributed by atoms with van der Waals surface area (Å²) < 4.78 is 4.94. The minimum atomic E-state index is -1.01. The van der Waals surface area contributed by atoms with Crippen molar-refractivity contribution in [2.45, 2.75) is 33.6 Å². The van der Waals surface area contributed by atoms with E-state index in [1.165, 1.54) is 12.0 Å². The van der Waals surface area contributed by atoms with Gasteiger partial charge in [-0.1, -0.05) is 26.7 Å². The highest BCUT2D eigenvalue weighted by molar-refractivity contribution is 5.80. The van der Waals surface area contributed by atoms with Crippen LogP contribution in [0.1, 0.15) is 33.6 Å². The van der Waals surface area contributed by atoms with Crippen molar-refractivity contribution in [3.63, 3.8) is 0 Å². The Morgan fingerprint density at radius 1 is 1.15 bits per heavy atom. The molecular weight excluding hydrogens is 260 g/mol. The zero-order valence-corrected chi connectivity index (χ0v) is 13.1. The highest BCUT2D eigenvalue weighted by atomic mass is 16.5. The van der Waals surface area contributed by atoms with Gasteiger partial charge < -0.3 is 19.6 Å². The molecular formula is C14H28N2O4. The molecule has 2 amide bonds. The predicted molar refractivity (Wildman–Crippen MR) is 77.8 cm³/mol. The highest BCUT2D eigenvalue weighted by Crippen LogP contribution is 2.11. The third-order valence-corrected chi connectivity index (χ3v) is 3.45. The fourth-order valence-electron chi connectivity index (χ4n) is 2.01. The monoisotopic (exact) mass is 288 g/mol. The van der Waals surface area contributed by atoms with Crippen LogP contribution in [0.5, 0.6) is 0 Å². The first-order valence-electron chi connectivity index (χ1n) is 7.24. The molecule has 0 spiro atoms. The summed E-state index contributed by atoms with van der Waals surface area (Å²) in [5.41, 5.74) is 0. The molecule has 6 nitrogen and oxygen atoms in total. The first-order chi connectivity index (χ1) is 9.49. The number of hydrogen-bond donors (Lipinski definition) is 1. The van der Waals surface area contributed by atoms with Gasteiger partial charge in [0.2, 0.25) is 0 Å². The molecule has 0 saturated carbocycles. The van der Waals surface area contributed by atoms with Crippen LogP contribution in [0.15, 0.2) is 0 Å². The average molecular weight is 288 g/mol. The molecule has 0 aromatic carbocycles. The second kappa shape index (κ2) is 10.5. The van der Waals surface area contributed by atoms with Gasteiger partial charge in [-0.15, -0.1) is 0 Å². The van der Waals surface area contributed by atoms with Gasteiger partial charge in [-0.2, -0.15) is 0 Å². The number of carbonyl (C=O) groups is 2. The summed E-state index contributed by atoms with van der Waals surface area (Å²) in [5.74, 6) is -0.555. The molecule has 0 unspecified atom stereocenters. The van der Waals surface area contributed by atoms with Crippen molar-refractivity contribution < 1.29 is 19.4 Å². The Balaban J connectivity index is 4.74. The zero-order valence-electron chi connectivity index (χ0n) is 13.1. The smallest absolute Gasteiger partial charge is 0.323 e. The number of carbonyl (C=O) groups excluding carboxylic acids is 1. The van der Waals surface area contributed by atoms with Gasteiger partial charge in [0.1, 0.15) is 6.54 Å². The van der Waals surface area contributed by atoms with Crippen LogP contribution in [0.3, 0.4) is 0 Å². The molecule has 0 aliphatic rings. The number of ether oxygens (including phenoxy) is 1. The second-order valence-electron chi connectivity index (χ2n) is 4.81. The molecule has 0 aliphatic carbocycles. The van der Waals surface area contributed by atoms with E-state index in [2.05, 4.69) is 13.8 Å². The van der Waals surface area contributed by atoms with Crippen LogP contribution in [0.25, 0.3) is 0 Å². The third kappa shape index (κ3) is 6.75. The van der Waals surface area contributed by atoms with Crippen molar-refractivity contribution in [1.82, 2.24) is 9.80 Å². The molecule has 0 radical (unpaired) electrons. The van der Waals surface area contributed by atoms with Gasteiger partial charge in [0, 0.05) is 26.7 Å². The number of rotatable bonds is 10. The lowest BCUT2D eigenvalue weighted by Crippen LogP contribution is -2.48. The fourth-order valence-corrected chi connectivity index (χ4v) is 2.01. The van der Waals surface area contributed by atoms with E-state index in [0.717, 1.165) is 12.8 Å². The molecule has 20 heavy (non-hydrogen) atoms. The van der Waals surface area contributed by atoms with Crippen molar-refractivity contribution in [1.29, 1.82) is 0 Å². The van der Waals surface area contributed by atoms with E-state index in [1.807, 2.05) is 6.92 Å². The Morgan fingerprint density at radius 2 is 1.75 bits per heavy atom.